The molecule has 1 amide bonds. The number of anilines is 1. The van der Waals surface area contributed by atoms with E-state index in [4.69, 9.17) is 5.73 Å². The molecule has 1 aromatic heterocycles. The zero-order valence-electron chi connectivity index (χ0n) is 14.7. The topological polar surface area (TPSA) is 85.0 Å². The van der Waals surface area contributed by atoms with Gasteiger partial charge in [-0.1, -0.05) is 18.2 Å². The molecule has 1 aliphatic heterocycles. The van der Waals surface area contributed by atoms with E-state index < -0.39 is 0 Å². The first-order valence-corrected chi connectivity index (χ1v) is 9.04. The van der Waals surface area contributed by atoms with Gasteiger partial charge in [-0.2, -0.15) is 5.10 Å². The van der Waals surface area contributed by atoms with Crippen molar-refractivity contribution in [3.63, 3.8) is 0 Å². The number of nitrogens with one attached hydrogen (secondary N) is 2. The lowest BCUT2D eigenvalue weighted by Crippen LogP contribution is -2.42. The quantitative estimate of drug-likeness (QED) is 0.701. The van der Waals surface area contributed by atoms with Crippen LogP contribution >= 0.6 is 0 Å². The van der Waals surface area contributed by atoms with Crippen LogP contribution in [0.2, 0.25) is 0 Å². The first kappa shape index (κ1) is 17.5. The molecule has 1 aliphatic rings. The highest BCUT2D eigenvalue weighted by Gasteiger charge is 2.24. The van der Waals surface area contributed by atoms with Gasteiger partial charge in [0.1, 0.15) is 5.82 Å². The van der Waals surface area contributed by atoms with Crippen molar-refractivity contribution in [3.05, 3.63) is 42.1 Å². The number of piperidine rings is 1. The number of aryl methyl sites for hydroxylation is 1. The number of hydrogen-bond donors (Lipinski definition) is 3. The van der Waals surface area contributed by atoms with Crippen LogP contribution in [0, 0.1) is 5.92 Å². The van der Waals surface area contributed by atoms with Gasteiger partial charge in [0, 0.05) is 24.6 Å². The second-order valence-electron chi connectivity index (χ2n) is 6.78. The number of benzene rings is 1. The zero-order chi connectivity index (χ0) is 17.6. The van der Waals surface area contributed by atoms with Crippen molar-refractivity contribution in [1.29, 1.82) is 0 Å². The molecule has 25 heavy (non-hydrogen) atoms. The number of rotatable bonds is 6. The predicted octanol–water partition coefficient (Wildman–Crippen LogP) is 1.89. The SMILES string of the molecule is C[C@H]1C[C@@H](C(=O)NCCCc2cc(N)n(-c3ccccc3)n2)CCN1. The first-order chi connectivity index (χ1) is 12.1. The molecule has 4 N–H and O–H groups in total. The van der Waals surface area contributed by atoms with Crippen molar-refractivity contribution >= 4 is 11.7 Å². The molecule has 0 spiro atoms. The largest absolute Gasteiger partial charge is 0.384 e. The highest BCUT2D eigenvalue weighted by molar-refractivity contribution is 5.78. The fraction of sp³-hybridized carbons (Fsp3) is 0.474. The molecule has 2 aromatic rings. The Balaban J connectivity index is 1.46. The van der Waals surface area contributed by atoms with Crippen molar-refractivity contribution in [2.24, 2.45) is 5.92 Å². The Hall–Kier alpha value is -2.34. The number of para-hydroxylation sites is 1. The minimum absolute atomic E-state index is 0.143. The minimum Gasteiger partial charge on any atom is -0.384 e. The van der Waals surface area contributed by atoms with Crippen molar-refractivity contribution in [3.8, 4) is 5.69 Å². The van der Waals surface area contributed by atoms with Gasteiger partial charge in [0.2, 0.25) is 5.91 Å². The fourth-order valence-corrected chi connectivity index (χ4v) is 3.34. The Kier molecular flexibility index (Phi) is 5.71. The molecular weight excluding hydrogens is 314 g/mol. The highest BCUT2D eigenvalue weighted by Crippen LogP contribution is 2.17. The van der Waals surface area contributed by atoms with Crippen LogP contribution in [-0.4, -0.2) is 34.8 Å². The number of nitrogen functional groups attached to an aromatic ring is 1. The summed E-state index contributed by atoms with van der Waals surface area (Å²) in [6, 6.07) is 12.2. The monoisotopic (exact) mass is 341 g/mol. The molecule has 6 nitrogen and oxygen atoms in total. The van der Waals surface area contributed by atoms with E-state index in [0.29, 0.717) is 18.4 Å². The molecule has 0 aliphatic carbocycles. The Morgan fingerprint density at radius 2 is 2.20 bits per heavy atom. The lowest BCUT2D eigenvalue weighted by molar-refractivity contribution is -0.126. The van der Waals surface area contributed by atoms with Crippen LogP contribution in [0.4, 0.5) is 5.82 Å². The molecule has 0 unspecified atom stereocenters. The summed E-state index contributed by atoms with van der Waals surface area (Å²) in [7, 11) is 0. The van der Waals surface area contributed by atoms with Crippen molar-refractivity contribution in [1.82, 2.24) is 20.4 Å². The van der Waals surface area contributed by atoms with Crippen LogP contribution in [0.25, 0.3) is 5.69 Å². The standard InChI is InChI=1S/C19H27N5O/c1-14-12-15(9-11-21-14)19(25)22-10-5-6-16-13-18(20)24(23-16)17-7-3-2-4-8-17/h2-4,7-8,13-15,21H,5-6,9-12,20H2,1H3,(H,22,25)/t14-,15-/m0/s1. The van der Waals surface area contributed by atoms with E-state index in [9.17, 15) is 4.79 Å². The summed E-state index contributed by atoms with van der Waals surface area (Å²) in [5, 5.41) is 11.0. The number of hydrogen-bond acceptors (Lipinski definition) is 4. The van der Waals surface area contributed by atoms with Gasteiger partial charge in [-0.25, -0.2) is 4.68 Å². The van der Waals surface area contributed by atoms with E-state index in [1.807, 2.05) is 36.4 Å². The van der Waals surface area contributed by atoms with Gasteiger partial charge in [-0.05, 0) is 51.3 Å². The molecule has 6 heteroatoms. The lowest BCUT2D eigenvalue weighted by atomic mass is 9.92. The van der Waals surface area contributed by atoms with Gasteiger partial charge >= 0.3 is 0 Å². The maximum Gasteiger partial charge on any atom is 0.223 e. The average molecular weight is 341 g/mol. The lowest BCUT2D eigenvalue weighted by Gasteiger charge is -2.27. The van der Waals surface area contributed by atoms with E-state index in [1.165, 1.54) is 0 Å². The second-order valence-corrected chi connectivity index (χ2v) is 6.78. The van der Waals surface area contributed by atoms with Gasteiger partial charge < -0.3 is 16.4 Å². The Morgan fingerprint density at radius 3 is 2.96 bits per heavy atom. The van der Waals surface area contributed by atoms with E-state index >= 15 is 0 Å². The summed E-state index contributed by atoms with van der Waals surface area (Å²) < 4.78 is 1.75. The van der Waals surface area contributed by atoms with Crippen LogP contribution in [0.15, 0.2) is 36.4 Å². The zero-order valence-corrected chi connectivity index (χ0v) is 14.7. The summed E-state index contributed by atoms with van der Waals surface area (Å²) in [5.41, 5.74) is 7.97. The molecular formula is C19H27N5O. The number of amides is 1. The highest BCUT2D eigenvalue weighted by atomic mass is 16.1. The van der Waals surface area contributed by atoms with Crippen LogP contribution in [0.1, 0.15) is 31.9 Å². The molecule has 2 heterocycles. The van der Waals surface area contributed by atoms with Gasteiger partial charge in [-0.15, -0.1) is 0 Å². The number of carbonyl (C=O) groups is 1. The maximum atomic E-state index is 12.2. The molecule has 0 bridgehead atoms. The summed E-state index contributed by atoms with van der Waals surface area (Å²) >= 11 is 0. The van der Waals surface area contributed by atoms with Crippen molar-refractivity contribution in [2.75, 3.05) is 18.8 Å². The molecule has 1 aromatic carbocycles. The van der Waals surface area contributed by atoms with Crippen LogP contribution < -0.4 is 16.4 Å². The molecule has 1 saturated heterocycles. The summed E-state index contributed by atoms with van der Waals surface area (Å²) in [4.78, 5) is 12.2. The van der Waals surface area contributed by atoms with Crippen LogP contribution in [-0.2, 0) is 11.2 Å². The number of nitrogens with zero attached hydrogens (tertiary/aromatic N) is 2. The molecule has 0 radical (unpaired) electrons. The van der Waals surface area contributed by atoms with Crippen LogP contribution in [0.5, 0.6) is 0 Å². The van der Waals surface area contributed by atoms with Gasteiger partial charge in [0.15, 0.2) is 0 Å². The fourth-order valence-electron chi connectivity index (χ4n) is 3.34. The molecule has 2 atom stereocenters. The third kappa shape index (κ3) is 4.60. The van der Waals surface area contributed by atoms with Crippen LogP contribution in [0.3, 0.4) is 0 Å². The van der Waals surface area contributed by atoms with E-state index in [1.54, 1.807) is 4.68 Å². The van der Waals surface area contributed by atoms with Gasteiger partial charge in [0.05, 0.1) is 11.4 Å². The number of aromatic nitrogens is 2. The van der Waals surface area contributed by atoms with E-state index in [0.717, 1.165) is 43.6 Å². The molecule has 0 saturated carbocycles. The van der Waals surface area contributed by atoms with E-state index in [-0.39, 0.29) is 11.8 Å². The Bertz CT molecular complexity index is 697. The summed E-state index contributed by atoms with van der Waals surface area (Å²) in [6.45, 7) is 3.73. The van der Waals surface area contributed by atoms with Gasteiger partial charge in [-0.3, -0.25) is 4.79 Å². The molecule has 3 rings (SSSR count). The number of nitrogens with two attached hydrogens (primary N) is 1. The average Bonchev–Trinajstić information content (AvgIpc) is 3.00. The molecule has 1 fully saturated rings. The van der Waals surface area contributed by atoms with E-state index in [2.05, 4.69) is 22.7 Å². The third-order valence-corrected chi connectivity index (χ3v) is 4.69. The Labute approximate surface area is 148 Å². The van der Waals surface area contributed by atoms with Crippen molar-refractivity contribution < 1.29 is 4.79 Å². The number of carbonyl (C=O) groups excluding carboxylic acids is 1. The molecule has 134 valence electrons. The smallest absolute Gasteiger partial charge is 0.223 e. The first-order valence-electron chi connectivity index (χ1n) is 9.04. The minimum atomic E-state index is 0.143. The summed E-state index contributed by atoms with van der Waals surface area (Å²) in [5.74, 6) is 0.959. The van der Waals surface area contributed by atoms with Gasteiger partial charge in [0.25, 0.3) is 0 Å². The summed E-state index contributed by atoms with van der Waals surface area (Å²) in [6.07, 6.45) is 3.50. The maximum absolute atomic E-state index is 12.2. The Morgan fingerprint density at radius 1 is 1.40 bits per heavy atom. The van der Waals surface area contributed by atoms with Crippen molar-refractivity contribution in [2.45, 2.75) is 38.6 Å². The second kappa shape index (κ2) is 8.16. The third-order valence-electron chi connectivity index (χ3n) is 4.69. The predicted molar refractivity (Wildman–Crippen MR) is 99.5 cm³/mol. The normalized spacial score (nSPS) is 20.4.